The average Bonchev–Trinajstić information content (AvgIpc) is 3.43. The fourth-order valence-corrected chi connectivity index (χ4v) is 11.5. The van der Waals surface area contributed by atoms with Gasteiger partial charge in [-0.1, -0.05) is 237 Å². The van der Waals surface area contributed by atoms with Crippen molar-refractivity contribution in [2.45, 2.75) is 0 Å². The smallest absolute Gasteiger partial charge is 0.00259 e. The zero-order valence-electron chi connectivity index (χ0n) is 38.4. The summed E-state index contributed by atoms with van der Waals surface area (Å²) >= 11 is 0. The maximum absolute atomic E-state index is 2.44. The molecule has 0 aliphatic rings. The van der Waals surface area contributed by atoms with Gasteiger partial charge in [-0.3, -0.25) is 0 Å². The van der Waals surface area contributed by atoms with E-state index in [1.807, 2.05) is 0 Å². The molecule has 70 heavy (non-hydrogen) atoms. The van der Waals surface area contributed by atoms with Crippen LogP contribution in [-0.2, 0) is 0 Å². The van der Waals surface area contributed by atoms with E-state index in [4.69, 9.17) is 0 Å². The van der Waals surface area contributed by atoms with Gasteiger partial charge in [0.05, 0.1) is 0 Å². The molecule has 0 fully saturated rings. The second kappa shape index (κ2) is 16.3. The zero-order valence-corrected chi connectivity index (χ0v) is 38.4. The molecule has 0 bridgehead atoms. The van der Waals surface area contributed by atoms with Gasteiger partial charge < -0.3 is 0 Å². The summed E-state index contributed by atoms with van der Waals surface area (Å²) in [6.07, 6.45) is 0. The third kappa shape index (κ3) is 6.61. The van der Waals surface area contributed by atoms with Gasteiger partial charge in [-0.05, 0) is 173 Å². The van der Waals surface area contributed by atoms with Crippen LogP contribution in [0, 0.1) is 0 Å². The zero-order chi connectivity index (χ0) is 46.1. The second-order valence-corrected chi connectivity index (χ2v) is 18.7. The molecular formula is C70H44. The summed E-state index contributed by atoms with van der Waals surface area (Å²) < 4.78 is 0. The molecule has 0 aromatic heterocycles. The van der Waals surface area contributed by atoms with Gasteiger partial charge in [-0.15, -0.1) is 0 Å². The van der Waals surface area contributed by atoms with Gasteiger partial charge in [0.2, 0.25) is 0 Å². The van der Waals surface area contributed by atoms with E-state index in [1.54, 1.807) is 0 Å². The molecule has 0 unspecified atom stereocenters. The number of benzene rings is 14. The van der Waals surface area contributed by atoms with Crippen LogP contribution in [0.25, 0.3) is 142 Å². The molecule has 0 saturated heterocycles. The van der Waals surface area contributed by atoms with Crippen LogP contribution in [0.5, 0.6) is 0 Å². The molecule has 0 aliphatic heterocycles. The quantitative estimate of drug-likeness (QED) is 0.146. The van der Waals surface area contributed by atoms with Crippen molar-refractivity contribution in [3.8, 4) is 66.8 Å². The maximum atomic E-state index is 2.44. The standard InChI is InChI=1S/C70H44/c1-4-17-50-40-54(35-30-45(50)14-1)53-20-13-21-56(43-53)68-61-24-9-7-22-59(61)67(60-23-8-10-25-62(60)68)49-33-28-48(29-34-49)55-38-39-65-66(44-55)70(58-37-32-47-16-3-6-19-52(47)42-58)64-27-12-11-26-63(64)69(65)57-36-31-46-15-2-5-18-51(46)41-57/h1-44H. The van der Waals surface area contributed by atoms with E-state index in [1.165, 1.54) is 142 Å². The van der Waals surface area contributed by atoms with Gasteiger partial charge in [0.1, 0.15) is 0 Å². The van der Waals surface area contributed by atoms with Gasteiger partial charge in [0, 0.05) is 0 Å². The Hall–Kier alpha value is -9.10. The minimum atomic E-state index is 1.19. The molecule has 0 saturated carbocycles. The largest absolute Gasteiger partial charge is 0.0616 e. The fraction of sp³-hybridized carbons (Fsp3) is 0. The lowest BCUT2D eigenvalue weighted by molar-refractivity contribution is 1.62. The molecule has 0 atom stereocenters. The minimum absolute atomic E-state index is 1.19. The van der Waals surface area contributed by atoms with E-state index in [2.05, 4.69) is 267 Å². The molecule has 14 aromatic rings. The highest BCUT2D eigenvalue weighted by Gasteiger charge is 2.20. The van der Waals surface area contributed by atoms with Gasteiger partial charge in [0.25, 0.3) is 0 Å². The van der Waals surface area contributed by atoms with Crippen LogP contribution in [0.2, 0.25) is 0 Å². The predicted octanol–water partition coefficient (Wildman–Crippen LogP) is 19.8. The summed E-state index contributed by atoms with van der Waals surface area (Å²) in [7, 11) is 0. The van der Waals surface area contributed by atoms with Crippen LogP contribution in [-0.4, -0.2) is 0 Å². The molecule has 0 spiro atoms. The molecule has 0 heterocycles. The van der Waals surface area contributed by atoms with Gasteiger partial charge in [0.15, 0.2) is 0 Å². The molecule has 0 nitrogen and oxygen atoms in total. The van der Waals surface area contributed by atoms with Gasteiger partial charge in [-0.25, -0.2) is 0 Å². The number of hydrogen-bond acceptors (Lipinski definition) is 0. The van der Waals surface area contributed by atoms with Crippen LogP contribution >= 0.6 is 0 Å². The lowest BCUT2D eigenvalue weighted by Crippen LogP contribution is -1.92. The summed E-state index contributed by atoms with van der Waals surface area (Å²) in [5.74, 6) is 0. The van der Waals surface area contributed by atoms with Crippen molar-refractivity contribution < 1.29 is 0 Å². The van der Waals surface area contributed by atoms with Crippen molar-refractivity contribution in [1.82, 2.24) is 0 Å². The molecule has 0 N–H and O–H groups in total. The van der Waals surface area contributed by atoms with E-state index in [0.717, 1.165) is 0 Å². The van der Waals surface area contributed by atoms with Crippen molar-refractivity contribution in [3.63, 3.8) is 0 Å². The lowest BCUT2D eigenvalue weighted by Gasteiger charge is -2.20. The summed E-state index contributed by atoms with van der Waals surface area (Å²) in [4.78, 5) is 0. The molecule has 14 rings (SSSR count). The molecule has 0 aliphatic carbocycles. The summed E-state index contributed by atoms with van der Waals surface area (Å²) in [5, 5.41) is 17.5. The Morgan fingerprint density at radius 3 is 0.900 bits per heavy atom. The Kier molecular flexibility index (Phi) is 9.32. The Morgan fingerprint density at radius 1 is 0.129 bits per heavy atom. The Morgan fingerprint density at radius 2 is 0.414 bits per heavy atom. The SMILES string of the molecule is c1cc(-c2ccc3ccccc3c2)cc(-c2c3ccccc3c(-c3ccc(-c4ccc5c(-c6ccc7ccccc7c6)c6ccccc6c(-c6ccc7ccccc7c6)c5c4)cc3)c3ccccc23)c1. The van der Waals surface area contributed by atoms with Crippen LogP contribution in [0.15, 0.2) is 267 Å². The fourth-order valence-electron chi connectivity index (χ4n) is 11.5. The maximum Gasteiger partial charge on any atom is -0.00259 e. The van der Waals surface area contributed by atoms with Crippen LogP contribution in [0.3, 0.4) is 0 Å². The van der Waals surface area contributed by atoms with Crippen molar-refractivity contribution in [3.05, 3.63) is 267 Å². The Balaban J connectivity index is 0.927. The van der Waals surface area contributed by atoms with Crippen LogP contribution in [0.4, 0.5) is 0 Å². The first-order valence-corrected chi connectivity index (χ1v) is 24.3. The van der Waals surface area contributed by atoms with Crippen LogP contribution < -0.4 is 0 Å². The molecule has 0 heteroatoms. The van der Waals surface area contributed by atoms with E-state index in [0.29, 0.717) is 0 Å². The number of hydrogen-bond donors (Lipinski definition) is 0. The predicted molar refractivity (Wildman–Crippen MR) is 302 cm³/mol. The highest BCUT2D eigenvalue weighted by atomic mass is 14.2. The lowest BCUT2D eigenvalue weighted by atomic mass is 9.84. The van der Waals surface area contributed by atoms with Gasteiger partial charge >= 0.3 is 0 Å². The van der Waals surface area contributed by atoms with Crippen molar-refractivity contribution in [2.24, 2.45) is 0 Å². The summed E-state index contributed by atoms with van der Waals surface area (Å²) in [6, 6.07) is 99.1. The Bertz CT molecular complexity index is 4340. The highest BCUT2D eigenvalue weighted by Crippen LogP contribution is 2.48. The van der Waals surface area contributed by atoms with E-state index in [-0.39, 0.29) is 0 Å². The van der Waals surface area contributed by atoms with Crippen molar-refractivity contribution in [2.75, 3.05) is 0 Å². The first-order valence-electron chi connectivity index (χ1n) is 24.3. The molecule has 0 amide bonds. The van der Waals surface area contributed by atoms with Crippen molar-refractivity contribution in [1.29, 1.82) is 0 Å². The average molecular weight is 885 g/mol. The first kappa shape index (κ1) is 40.0. The van der Waals surface area contributed by atoms with Gasteiger partial charge in [-0.2, -0.15) is 0 Å². The molecular weight excluding hydrogens is 841 g/mol. The van der Waals surface area contributed by atoms with E-state index in [9.17, 15) is 0 Å². The van der Waals surface area contributed by atoms with E-state index >= 15 is 0 Å². The normalized spacial score (nSPS) is 11.7. The first-order chi connectivity index (χ1) is 34.7. The summed E-state index contributed by atoms with van der Waals surface area (Å²) in [5.41, 5.74) is 14.7. The number of rotatable bonds is 6. The minimum Gasteiger partial charge on any atom is -0.0616 e. The van der Waals surface area contributed by atoms with Crippen molar-refractivity contribution >= 4 is 75.4 Å². The second-order valence-electron chi connectivity index (χ2n) is 18.7. The third-order valence-electron chi connectivity index (χ3n) is 14.8. The molecule has 0 radical (unpaired) electrons. The topological polar surface area (TPSA) is 0 Å². The third-order valence-corrected chi connectivity index (χ3v) is 14.8. The highest BCUT2D eigenvalue weighted by molar-refractivity contribution is 6.24. The Labute approximate surface area is 407 Å². The monoisotopic (exact) mass is 884 g/mol. The molecule has 324 valence electrons. The van der Waals surface area contributed by atoms with E-state index < -0.39 is 0 Å². The molecule has 14 aromatic carbocycles. The number of fused-ring (bicyclic) bond motifs is 7. The summed E-state index contributed by atoms with van der Waals surface area (Å²) in [6.45, 7) is 0. The van der Waals surface area contributed by atoms with Crippen LogP contribution in [0.1, 0.15) is 0 Å².